The van der Waals surface area contributed by atoms with Gasteiger partial charge in [0.15, 0.2) is 5.90 Å². The quantitative estimate of drug-likeness (QED) is 0.701. The van der Waals surface area contributed by atoms with E-state index in [2.05, 4.69) is 15.0 Å². The van der Waals surface area contributed by atoms with Crippen molar-refractivity contribution in [1.29, 1.82) is 0 Å². The maximum absolute atomic E-state index is 6.08. The number of ether oxygens (including phenoxy) is 1. The van der Waals surface area contributed by atoms with Gasteiger partial charge in [0, 0.05) is 29.8 Å². The Morgan fingerprint density at radius 3 is 2.73 bits per heavy atom. The van der Waals surface area contributed by atoms with Gasteiger partial charge in [0.1, 0.15) is 29.6 Å². The van der Waals surface area contributed by atoms with Gasteiger partial charge in [-0.05, 0) is 12.1 Å². The van der Waals surface area contributed by atoms with Gasteiger partial charge in [-0.25, -0.2) is 9.97 Å². The Morgan fingerprint density at radius 2 is 2.04 bits per heavy atom. The van der Waals surface area contributed by atoms with E-state index in [1.165, 1.54) is 0 Å². The number of aromatic amines is 1. The molecule has 0 spiro atoms. The Morgan fingerprint density at radius 1 is 1.19 bits per heavy atom. The lowest BCUT2D eigenvalue weighted by Gasteiger charge is -2.02. The van der Waals surface area contributed by atoms with Crippen molar-refractivity contribution in [3.05, 3.63) is 47.1 Å². The van der Waals surface area contributed by atoms with Crippen LogP contribution in [0.3, 0.4) is 0 Å². The fourth-order valence-corrected chi connectivity index (χ4v) is 3.00. The molecule has 1 aromatic carbocycles. The van der Waals surface area contributed by atoms with Crippen molar-refractivity contribution in [3.8, 4) is 22.8 Å². The third-order valence-corrected chi connectivity index (χ3v) is 4.47. The molecule has 0 saturated heterocycles. The van der Waals surface area contributed by atoms with Gasteiger partial charge in [-0.1, -0.05) is 30.7 Å². The zero-order valence-corrected chi connectivity index (χ0v) is 15.2. The van der Waals surface area contributed by atoms with Crippen LogP contribution in [-0.4, -0.2) is 34.0 Å². The van der Waals surface area contributed by atoms with Gasteiger partial charge in [0.05, 0.1) is 12.7 Å². The molecule has 0 amide bonds. The Balaban J connectivity index is 1.67. The third-order valence-electron chi connectivity index (χ3n) is 4.22. The number of hydrogen-bond donors (Lipinski definition) is 1. The molecule has 3 aromatic rings. The first-order valence-electron chi connectivity index (χ1n) is 8.69. The Bertz CT molecular complexity index is 927. The predicted molar refractivity (Wildman–Crippen MR) is 100 cm³/mol. The lowest BCUT2D eigenvalue weighted by Crippen LogP contribution is -2.01. The predicted octanol–water partition coefficient (Wildman–Crippen LogP) is 4.31. The molecule has 0 fully saturated rings. The van der Waals surface area contributed by atoms with E-state index in [0.29, 0.717) is 30.4 Å². The number of benzene rings is 1. The van der Waals surface area contributed by atoms with Gasteiger partial charge in [0.2, 0.25) is 5.89 Å². The summed E-state index contributed by atoms with van der Waals surface area (Å²) in [6.45, 7) is 3.44. The van der Waals surface area contributed by atoms with Crippen LogP contribution in [0.25, 0.3) is 22.8 Å². The molecule has 7 heteroatoms. The van der Waals surface area contributed by atoms with E-state index in [0.717, 1.165) is 47.4 Å². The second-order valence-corrected chi connectivity index (χ2v) is 6.46. The molecule has 0 unspecified atom stereocenters. The summed E-state index contributed by atoms with van der Waals surface area (Å²) < 4.78 is 11.6. The lowest BCUT2D eigenvalue weighted by molar-refractivity contribution is 0.337. The first-order chi connectivity index (χ1) is 12.7. The highest BCUT2D eigenvalue weighted by atomic mass is 35.5. The van der Waals surface area contributed by atoms with Crippen LogP contribution in [0, 0.1) is 0 Å². The Hall–Kier alpha value is -2.60. The summed E-state index contributed by atoms with van der Waals surface area (Å²) in [5.41, 5.74) is 2.55. The maximum Gasteiger partial charge on any atom is 0.245 e. The molecule has 3 heterocycles. The zero-order valence-electron chi connectivity index (χ0n) is 14.5. The molecule has 4 rings (SSSR count). The number of hydrogen-bond acceptors (Lipinski definition) is 5. The highest BCUT2D eigenvalue weighted by Crippen LogP contribution is 2.30. The van der Waals surface area contributed by atoms with Crippen molar-refractivity contribution < 1.29 is 9.15 Å². The lowest BCUT2D eigenvalue weighted by atomic mass is 10.1. The summed E-state index contributed by atoms with van der Waals surface area (Å²) in [5.74, 6) is 3.01. The first kappa shape index (κ1) is 16.8. The number of rotatable bonds is 6. The maximum atomic E-state index is 6.08. The monoisotopic (exact) mass is 370 g/mol. The fourth-order valence-electron chi connectivity index (χ4n) is 2.87. The molecule has 1 N–H and O–H groups in total. The topological polar surface area (TPSA) is 76.3 Å². The highest BCUT2D eigenvalue weighted by Gasteiger charge is 2.19. The number of H-pyrrole nitrogens is 1. The number of aliphatic imine (C=N–C) groups is 1. The summed E-state index contributed by atoms with van der Waals surface area (Å²) in [6, 6.07) is 7.60. The molecule has 6 nitrogen and oxygen atoms in total. The summed E-state index contributed by atoms with van der Waals surface area (Å²) in [5, 5.41) is 0.689. The molecule has 0 atom stereocenters. The number of imidazole rings is 1. The smallest absolute Gasteiger partial charge is 0.245 e. The Kier molecular flexibility index (Phi) is 4.75. The molecular formula is C19H19ClN4O2. The molecule has 0 radical (unpaired) electrons. The summed E-state index contributed by atoms with van der Waals surface area (Å²) >= 11 is 6.02. The van der Waals surface area contributed by atoms with E-state index in [1.807, 2.05) is 31.2 Å². The van der Waals surface area contributed by atoms with Gasteiger partial charge in [-0.3, -0.25) is 4.99 Å². The number of nitrogens with one attached hydrogen (secondary N) is 1. The number of nitrogens with zero attached hydrogens (tertiary/aromatic N) is 3. The molecule has 134 valence electrons. The van der Waals surface area contributed by atoms with E-state index in [1.54, 1.807) is 6.20 Å². The second-order valence-electron chi connectivity index (χ2n) is 6.02. The van der Waals surface area contributed by atoms with Gasteiger partial charge >= 0.3 is 0 Å². The minimum absolute atomic E-state index is 0.534. The van der Waals surface area contributed by atoms with Crippen molar-refractivity contribution in [2.45, 2.75) is 26.2 Å². The van der Waals surface area contributed by atoms with E-state index in [9.17, 15) is 0 Å². The Labute approximate surface area is 156 Å². The fraction of sp³-hybridized carbons (Fsp3) is 0.316. The zero-order chi connectivity index (χ0) is 17.9. The molecule has 0 saturated carbocycles. The van der Waals surface area contributed by atoms with Crippen LogP contribution in [0.5, 0.6) is 0 Å². The largest absolute Gasteiger partial charge is 0.479 e. The van der Waals surface area contributed by atoms with Gasteiger partial charge in [-0.15, -0.1) is 0 Å². The molecular weight excluding hydrogens is 352 g/mol. The first-order valence-corrected chi connectivity index (χ1v) is 9.06. The molecule has 0 bridgehead atoms. The number of halogens is 1. The normalized spacial score (nSPS) is 13.7. The van der Waals surface area contributed by atoms with Crippen molar-refractivity contribution >= 4 is 17.5 Å². The van der Waals surface area contributed by atoms with Crippen molar-refractivity contribution in [3.63, 3.8) is 0 Å². The van der Waals surface area contributed by atoms with Gasteiger partial charge in [-0.2, -0.15) is 0 Å². The summed E-state index contributed by atoms with van der Waals surface area (Å²) in [7, 11) is 0. The average Bonchev–Trinajstić information content (AvgIpc) is 3.40. The summed E-state index contributed by atoms with van der Waals surface area (Å²) in [4.78, 5) is 16.6. The number of oxazole rings is 1. The van der Waals surface area contributed by atoms with E-state index < -0.39 is 0 Å². The second kappa shape index (κ2) is 7.33. The minimum Gasteiger partial charge on any atom is -0.479 e. The minimum atomic E-state index is 0.534. The summed E-state index contributed by atoms with van der Waals surface area (Å²) in [6.07, 6.45) is 3.94. The van der Waals surface area contributed by atoms with Crippen LogP contribution in [0.15, 0.2) is 39.9 Å². The highest BCUT2D eigenvalue weighted by molar-refractivity contribution is 6.30. The standard InChI is InChI=1S/C19H19ClN4O2/c1-2-16-22-11-14(23-16)19-24-18(12-3-5-13(20)6-4-12)15(26-19)7-8-17-21-9-10-25-17/h3-6,11H,2,7-10H2,1H3,(H,22,23). The molecule has 2 aromatic heterocycles. The average molecular weight is 371 g/mol. The van der Waals surface area contributed by atoms with Crippen molar-refractivity contribution in [2.24, 2.45) is 4.99 Å². The van der Waals surface area contributed by atoms with Crippen LogP contribution < -0.4 is 0 Å². The van der Waals surface area contributed by atoms with Gasteiger partial charge in [0.25, 0.3) is 0 Å². The van der Waals surface area contributed by atoms with Crippen LogP contribution >= 0.6 is 11.6 Å². The van der Waals surface area contributed by atoms with E-state index in [-0.39, 0.29) is 0 Å². The van der Waals surface area contributed by atoms with Crippen LogP contribution in [0.1, 0.15) is 24.9 Å². The SMILES string of the molecule is CCc1ncc(-c2nc(-c3ccc(Cl)cc3)c(CCC3=NCCO3)o2)[nH]1. The molecule has 1 aliphatic heterocycles. The number of aryl methyl sites for hydroxylation is 2. The molecule has 1 aliphatic rings. The van der Waals surface area contributed by atoms with Gasteiger partial charge < -0.3 is 14.1 Å². The van der Waals surface area contributed by atoms with E-state index in [4.69, 9.17) is 25.7 Å². The van der Waals surface area contributed by atoms with Crippen molar-refractivity contribution in [1.82, 2.24) is 15.0 Å². The van der Waals surface area contributed by atoms with E-state index >= 15 is 0 Å². The van der Waals surface area contributed by atoms with Crippen LogP contribution in [0.2, 0.25) is 5.02 Å². The van der Waals surface area contributed by atoms with Crippen LogP contribution in [0.4, 0.5) is 0 Å². The van der Waals surface area contributed by atoms with Crippen LogP contribution in [-0.2, 0) is 17.6 Å². The molecule has 26 heavy (non-hydrogen) atoms. The van der Waals surface area contributed by atoms with Crippen molar-refractivity contribution in [2.75, 3.05) is 13.2 Å². The third kappa shape index (κ3) is 3.51. The number of aromatic nitrogens is 3. The molecule has 0 aliphatic carbocycles.